The zero-order valence-corrected chi connectivity index (χ0v) is 23.0. The number of aliphatic hydroxyl groups is 1. The average molecular weight is 467 g/mol. The van der Waals surface area contributed by atoms with E-state index in [0.29, 0.717) is 29.2 Å². The van der Waals surface area contributed by atoms with E-state index < -0.39 is 0 Å². The van der Waals surface area contributed by atoms with Crippen LogP contribution in [0.4, 0.5) is 0 Å². The molecule has 5 rings (SSSR count). The first-order valence-corrected chi connectivity index (χ1v) is 14.3. The fourth-order valence-electron chi connectivity index (χ4n) is 9.82. The summed E-state index contributed by atoms with van der Waals surface area (Å²) < 4.78 is 0. The van der Waals surface area contributed by atoms with Crippen LogP contribution in [0.2, 0.25) is 0 Å². The van der Waals surface area contributed by atoms with E-state index >= 15 is 0 Å². The highest BCUT2D eigenvalue weighted by molar-refractivity contribution is 6.02. The maximum absolute atomic E-state index is 11.4. The molecule has 1 aliphatic heterocycles. The zero-order chi connectivity index (χ0) is 24.4. The van der Waals surface area contributed by atoms with Crippen molar-refractivity contribution in [2.45, 2.75) is 105 Å². The Morgan fingerprint density at radius 3 is 2.50 bits per heavy atom. The second-order valence-electron chi connectivity index (χ2n) is 13.7. The highest BCUT2D eigenvalue weighted by Gasteiger charge is 2.59. The lowest BCUT2D eigenvalue weighted by Gasteiger charge is -2.59. The minimum atomic E-state index is -0.187. The monoisotopic (exact) mass is 466 g/mol. The third-order valence-corrected chi connectivity index (χ3v) is 11.7. The highest BCUT2D eigenvalue weighted by atomic mass is 16.3. The van der Waals surface area contributed by atoms with Crippen molar-refractivity contribution in [1.82, 2.24) is 4.90 Å². The van der Waals surface area contributed by atoms with Gasteiger partial charge in [-0.15, -0.1) is 0 Å². The van der Waals surface area contributed by atoms with E-state index in [1.165, 1.54) is 49.8 Å². The molecule has 3 saturated carbocycles. The number of fused-ring (bicyclic) bond motifs is 5. The molecule has 3 heteroatoms. The molecule has 0 aromatic carbocycles. The van der Waals surface area contributed by atoms with E-state index in [1.807, 2.05) is 0 Å². The molecule has 0 amide bonds. The number of rotatable bonds is 4. The molecule has 0 radical (unpaired) electrons. The van der Waals surface area contributed by atoms with Crippen LogP contribution in [0.3, 0.4) is 0 Å². The predicted molar refractivity (Wildman–Crippen MR) is 143 cm³/mol. The van der Waals surface area contributed by atoms with Gasteiger partial charge in [0.25, 0.3) is 0 Å². The topological polar surface area (TPSA) is 35.8 Å². The van der Waals surface area contributed by atoms with Gasteiger partial charge < -0.3 is 10.0 Å². The van der Waals surface area contributed by atoms with Crippen molar-refractivity contribution in [2.24, 2.45) is 45.4 Å². The molecular weight excluding hydrogens is 416 g/mol. The minimum Gasteiger partial charge on any atom is -0.391 e. The first-order valence-electron chi connectivity index (χ1n) is 14.3. The normalized spacial score (nSPS) is 44.8. The van der Waals surface area contributed by atoms with E-state index in [4.69, 9.17) is 4.99 Å². The molecule has 1 heterocycles. The van der Waals surface area contributed by atoms with Crippen LogP contribution in [0.1, 0.15) is 92.4 Å². The average Bonchev–Trinajstić information content (AvgIpc) is 3.37. The molecule has 3 fully saturated rings. The standard InChI is InChI=1S/C31H50N2O/c1-19(2)21-14-17-32-27(21)18-20(3)23-10-11-24-22-8-9-26-29(34)28(33(6)7)13-16-31(26,5)25(22)12-15-30(23,24)4/h8,20,23-26,28-29,34H,9-18H2,1-7H3/t20-,23-,24?,25?,26?,28+,29-,30-,31-/m1/s1. The molecule has 0 spiro atoms. The maximum atomic E-state index is 11.4. The van der Waals surface area contributed by atoms with Crippen LogP contribution in [-0.4, -0.2) is 48.5 Å². The van der Waals surface area contributed by atoms with E-state index in [9.17, 15) is 5.11 Å². The summed E-state index contributed by atoms with van der Waals surface area (Å²) in [6.45, 7) is 13.2. The van der Waals surface area contributed by atoms with E-state index in [-0.39, 0.29) is 11.5 Å². The lowest BCUT2D eigenvalue weighted by atomic mass is 9.47. The summed E-state index contributed by atoms with van der Waals surface area (Å²) in [6, 6.07) is 0.322. The van der Waals surface area contributed by atoms with Crippen LogP contribution < -0.4 is 0 Å². The first kappa shape index (κ1) is 24.8. The molecule has 34 heavy (non-hydrogen) atoms. The van der Waals surface area contributed by atoms with Crippen LogP contribution in [0, 0.1) is 40.4 Å². The number of nitrogens with zero attached hydrogens (tertiary/aromatic N) is 2. The molecule has 9 atom stereocenters. The van der Waals surface area contributed by atoms with Gasteiger partial charge in [0.1, 0.15) is 0 Å². The Bertz CT molecular complexity index is 895. The molecule has 4 aliphatic carbocycles. The van der Waals surface area contributed by atoms with Gasteiger partial charge in [0.05, 0.1) is 6.10 Å². The Hall–Kier alpha value is -0.930. The van der Waals surface area contributed by atoms with Crippen LogP contribution >= 0.6 is 0 Å². The quantitative estimate of drug-likeness (QED) is 0.469. The SMILES string of the molecule is CC(C)=C1CCN=C1C[C@@H](C)[C@H]1CCC2C3=CCC4[C@@H](O)[C@@H](N(C)C)CC[C@]4(C)C3CC[C@@]21C. The molecule has 0 bridgehead atoms. The van der Waals surface area contributed by atoms with Crippen LogP contribution in [-0.2, 0) is 0 Å². The summed E-state index contributed by atoms with van der Waals surface area (Å²) >= 11 is 0. The number of aliphatic hydroxyl groups excluding tert-OH is 1. The number of likely N-dealkylation sites (N-methyl/N-ethyl adjacent to an activating group) is 1. The van der Waals surface area contributed by atoms with Gasteiger partial charge in [-0.2, -0.15) is 0 Å². The van der Waals surface area contributed by atoms with Crippen molar-refractivity contribution >= 4 is 5.71 Å². The van der Waals surface area contributed by atoms with Gasteiger partial charge in [-0.05, 0) is 132 Å². The molecule has 3 unspecified atom stereocenters. The van der Waals surface area contributed by atoms with Crippen molar-refractivity contribution in [3.05, 3.63) is 22.8 Å². The maximum Gasteiger partial charge on any atom is 0.0731 e. The van der Waals surface area contributed by atoms with E-state index in [1.54, 1.807) is 11.1 Å². The second-order valence-corrected chi connectivity index (χ2v) is 13.7. The molecule has 3 nitrogen and oxygen atoms in total. The second kappa shape index (κ2) is 8.87. The third-order valence-electron chi connectivity index (χ3n) is 11.7. The smallest absolute Gasteiger partial charge is 0.0731 e. The summed E-state index contributed by atoms with van der Waals surface area (Å²) in [5, 5.41) is 11.4. The lowest BCUT2D eigenvalue weighted by molar-refractivity contribution is -0.100. The molecule has 1 N–H and O–H groups in total. The van der Waals surface area contributed by atoms with Crippen molar-refractivity contribution < 1.29 is 5.11 Å². The van der Waals surface area contributed by atoms with Gasteiger partial charge in [-0.25, -0.2) is 0 Å². The van der Waals surface area contributed by atoms with Crippen LogP contribution in [0.15, 0.2) is 27.8 Å². The van der Waals surface area contributed by atoms with Crippen molar-refractivity contribution in [3.63, 3.8) is 0 Å². The number of allylic oxidation sites excluding steroid dienone is 3. The Labute approximate surface area is 209 Å². The first-order chi connectivity index (χ1) is 16.1. The Morgan fingerprint density at radius 1 is 1.09 bits per heavy atom. The molecular formula is C31H50N2O. The van der Waals surface area contributed by atoms with Crippen molar-refractivity contribution in [3.8, 4) is 0 Å². The zero-order valence-electron chi connectivity index (χ0n) is 23.0. The summed E-state index contributed by atoms with van der Waals surface area (Å²) in [4.78, 5) is 7.21. The van der Waals surface area contributed by atoms with E-state index in [0.717, 1.165) is 37.6 Å². The Balaban J connectivity index is 1.36. The molecule has 0 saturated heterocycles. The largest absolute Gasteiger partial charge is 0.391 e. The predicted octanol–water partition coefficient (Wildman–Crippen LogP) is 6.67. The molecule has 190 valence electrons. The van der Waals surface area contributed by atoms with Gasteiger partial charge in [0, 0.05) is 18.3 Å². The summed E-state index contributed by atoms with van der Waals surface area (Å²) in [6.07, 6.45) is 13.7. The lowest BCUT2D eigenvalue weighted by Crippen LogP contribution is -2.57. The van der Waals surface area contributed by atoms with Crippen LogP contribution in [0.25, 0.3) is 0 Å². The Kier molecular flexibility index (Phi) is 6.46. The molecule has 0 aromatic heterocycles. The summed E-state index contributed by atoms with van der Waals surface area (Å²) in [5.74, 6) is 3.39. The van der Waals surface area contributed by atoms with Crippen molar-refractivity contribution in [1.29, 1.82) is 0 Å². The third kappa shape index (κ3) is 3.71. The summed E-state index contributed by atoms with van der Waals surface area (Å²) in [7, 11) is 4.29. The fourth-order valence-corrected chi connectivity index (χ4v) is 9.82. The van der Waals surface area contributed by atoms with Crippen LogP contribution in [0.5, 0.6) is 0 Å². The van der Waals surface area contributed by atoms with Gasteiger partial charge >= 0.3 is 0 Å². The number of hydrogen-bond acceptors (Lipinski definition) is 3. The Morgan fingerprint density at radius 2 is 1.79 bits per heavy atom. The molecule has 5 aliphatic rings. The fraction of sp³-hybridized carbons (Fsp3) is 0.839. The summed E-state index contributed by atoms with van der Waals surface area (Å²) in [5.41, 5.74) is 6.97. The van der Waals surface area contributed by atoms with Gasteiger partial charge in [-0.1, -0.05) is 38.0 Å². The van der Waals surface area contributed by atoms with Gasteiger partial charge in [0.15, 0.2) is 0 Å². The van der Waals surface area contributed by atoms with Gasteiger partial charge in [-0.3, -0.25) is 4.99 Å². The van der Waals surface area contributed by atoms with E-state index in [2.05, 4.69) is 59.7 Å². The van der Waals surface area contributed by atoms with Crippen molar-refractivity contribution in [2.75, 3.05) is 20.6 Å². The highest BCUT2D eigenvalue weighted by Crippen LogP contribution is 2.67. The number of hydrogen-bond donors (Lipinski definition) is 1. The molecule has 0 aromatic rings. The minimum absolute atomic E-state index is 0.187. The van der Waals surface area contributed by atoms with Gasteiger partial charge in [0.2, 0.25) is 0 Å². The number of aliphatic imine (C=N–C) groups is 1.